The summed E-state index contributed by atoms with van der Waals surface area (Å²) in [6.07, 6.45) is 2.43. The van der Waals surface area contributed by atoms with Crippen molar-refractivity contribution >= 4 is 36.6 Å². The zero-order valence-corrected chi connectivity index (χ0v) is 16.2. The summed E-state index contributed by atoms with van der Waals surface area (Å²) in [6.45, 7) is 0. The van der Waals surface area contributed by atoms with Gasteiger partial charge in [-0.2, -0.15) is 0 Å². The molecule has 0 saturated carbocycles. The van der Waals surface area contributed by atoms with Gasteiger partial charge in [-0.05, 0) is 55.3 Å². The van der Waals surface area contributed by atoms with Gasteiger partial charge in [-0.1, -0.05) is 42.2 Å². The molecule has 0 bridgehead atoms. The molecule has 0 spiro atoms. The van der Waals surface area contributed by atoms with Crippen LogP contribution in [0.4, 0.5) is 0 Å². The molecule has 1 aliphatic carbocycles. The Labute approximate surface area is 166 Å². The number of benzene rings is 3. The molecule has 5 rings (SSSR count). The predicted octanol–water partition coefficient (Wildman–Crippen LogP) is 6.44. The summed E-state index contributed by atoms with van der Waals surface area (Å²) in [5.74, 6) is 5.78. The molecule has 0 radical (unpaired) electrons. The first kappa shape index (κ1) is 17.0. The SMILES string of the molecule is O=C(OC1C#CCCC1)c1ccc2c(c1)c1ccccc1[s+]2-c1ccccc1. The number of esters is 1. The summed E-state index contributed by atoms with van der Waals surface area (Å²) < 4.78 is 8.20. The van der Waals surface area contributed by atoms with Gasteiger partial charge >= 0.3 is 5.97 Å². The quantitative estimate of drug-likeness (QED) is 0.231. The van der Waals surface area contributed by atoms with Crippen molar-refractivity contribution in [3.05, 3.63) is 78.4 Å². The van der Waals surface area contributed by atoms with Crippen LogP contribution >= 0.6 is 10.5 Å². The summed E-state index contributed by atoms with van der Waals surface area (Å²) >= 11 is 0. The third-order valence-electron chi connectivity index (χ3n) is 5.09. The molecular weight excluding hydrogens is 364 g/mol. The van der Waals surface area contributed by atoms with Crippen LogP contribution in [0.2, 0.25) is 0 Å². The fourth-order valence-corrected chi connectivity index (χ4v) is 6.14. The molecule has 28 heavy (non-hydrogen) atoms. The molecule has 3 aromatic carbocycles. The molecule has 1 heterocycles. The molecule has 2 unspecified atom stereocenters. The van der Waals surface area contributed by atoms with E-state index in [4.69, 9.17) is 4.74 Å². The van der Waals surface area contributed by atoms with Crippen molar-refractivity contribution in [3.8, 4) is 16.7 Å². The fraction of sp³-hybridized carbons (Fsp3) is 0.160. The van der Waals surface area contributed by atoms with Crippen LogP contribution in [-0.4, -0.2) is 12.1 Å². The van der Waals surface area contributed by atoms with Crippen molar-refractivity contribution in [3.63, 3.8) is 0 Å². The lowest BCUT2D eigenvalue weighted by atomic mass is 10.1. The van der Waals surface area contributed by atoms with Crippen molar-refractivity contribution in [2.45, 2.75) is 25.4 Å². The largest absolute Gasteiger partial charge is 0.446 e. The highest BCUT2D eigenvalue weighted by atomic mass is 32.2. The highest BCUT2D eigenvalue weighted by molar-refractivity contribution is 7.50. The first-order valence-electron chi connectivity index (χ1n) is 9.53. The van der Waals surface area contributed by atoms with Crippen molar-refractivity contribution in [1.29, 1.82) is 0 Å². The highest BCUT2D eigenvalue weighted by Gasteiger charge is 2.25. The number of thiophene rings is 1. The zero-order valence-electron chi connectivity index (χ0n) is 15.4. The molecule has 1 aliphatic rings. The molecule has 136 valence electrons. The standard InChI is InChI=1S/C25H19O2S/c26-25(27-19-9-3-1-4-10-19)18-15-16-24-22(17-18)21-13-7-8-14-23(21)28(24)20-11-5-2-6-12-20/h2,5-8,11-17,19H,1,3,9H2/q+1. The number of hydrogen-bond acceptors (Lipinski definition) is 2. The Bertz CT molecular complexity index is 1240. The molecule has 0 fully saturated rings. The normalized spacial score (nSPS) is 16.6. The van der Waals surface area contributed by atoms with Crippen LogP contribution in [0.15, 0.2) is 72.8 Å². The van der Waals surface area contributed by atoms with Gasteiger partial charge in [-0.3, -0.25) is 0 Å². The molecular formula is C25H19O2S+. The van der Waals surface area contributed by atoms with Crippen molar-refractivity contribution in [2.24, 2.45) is 0 Å². The molecule has 1 aromatic heterocycles. The first-order chi connectivity index (χ1) is 13.8. The van der Waals surface area contributed by atoms with Gasteiger partial charge in [0.05, 0.1) is 5.56 Å². The maximum atomic E-state index is 12.7. The maximum Gasteiger partial charge on any atom is 0.339 e. The summed E-state index contributed by atoms with van der Waals surface area (Å²) in [7, 11) is -0.143. The van der Waals surface area contributed by atoms with Crippen molar-refractivity contribution in [2.75, 3.05) is 0 Å². The molecule has 4 aromatic rings. The van der Waals surface area contributed by atoms with E-state index in [0.717, 1.165) is 24.6 Å². The minimum atomic E-state index is -0.284. The van der Waals surface area contributed by atoms with E-state index in [1.54, 1.807) is 0 Å². The fourth-order valence-electron chi connectivity index (χ4n) is 3.76. The summed E-state index contributed by atoms with van der Waals surface area (Å²) in [6, 6.07) is 25.0. The average molecular weight is 383 g/mol. The smallest absolute Gasteiger partial charge is 0.339 e. The third kappa shape index (κ3) is 2.96. The maximum absolute atomic E-state index is 12.7. The predicted molar refractivity (Wildman–Crippen MR) is 116 cm³/mol. The lowest BCUT2D eigenvalue weighted by Crippen LogP contribution is -2.18. The van der Waals surface area contributed by atoms with E-state index >= 15 is 0 Å². The van der Waals surface area contributed by atoms with E-state index < -0.39 is 0 Å². The minimum Gasteiger partial charge on any atom is -0.446 e. The second-order valence-electron chi connectivity index (χ2n) is 6.93. The number of rotatable bonds is 3. The Morgan fingerprint density at radius 3 is 2.54 bits per heavy atom. The van der Waals surface area contributed by atoms with E-state index in [-0.39, 0.29) is 22.5 Å². The first-order valence-corrected chi connectivity index (χ1v) is 10.8. The van der Waals surface area contributed by atoms with Gasteiger partial charge in [0.2, 0.25) is 0 Å². The van der Waals surface area contributed by atoms with Crippen LogP contribution in [0.25, 0.3) is 25.1 Å². The van der Waals surface area contributed by atoms with Crippen LogP contribution < -0.4 is 0 Å². The van der Waals surface area contributed by atoms with Gasteiger partial charge in [0, 0.05) is 27.7 Å². The van der Waals surface area contributed by atoms with Crippen LogP contribution in [0.3, 0.4) is 0 Å². The lowest BCUT2D eigenvalue weighted by Gasteiger charge is -2.14. The van der Waals surface area contributed by atoms with E-state index in [9.17, 15) is 4.79 Å². The minimum absolute atomic E-state index is 0.143. The number of carbonyl (C=O) groups is 1. The van der Waals surface area contributed by atoms with Gasteiger partial charge in [0.1, 0.15) is 0 Å². The lowest BCUT2D eigenvalue weighted by molar-refractivity contribution is 0.0390. The van der Waals surface area contributed by atoms with Gasteiger partial charge < -0.3 is 4.74 Å². The van der Waals surface area contributed by atoms with Crippen LogP contribution in [0, 0.1) is 11.8 Å². The molecule has 0 aliphatic heterocycles. The topological polar surface area (TPSA) is 26.3 Å². The number of carbonyl (C=O) groups excluding carboxylic acids is 1. The van der Waals surface area contributed by atoms with Gasteiger partial charge in [0.25, 0.3) is 0 Å². The second kappa shape index (κ2) is 7.14. The van der Waals surface area contributed by atoms with Crippen LogP contribution in [0.1, 0.15) is 29.6 Å². The Balaban J connectivity index is 1.63. The molecule has 0 saturated heterocycles. The van der Waals surface area contributed by atoms with E-state index in [1.807, 2.05) is 18.2 Å². The Kier molecular flexibility index (Phi) is 4.35. The molecule has 3 heteroatoms. The molecule has 2 nitrogen and oxygen atoms in total. The van der Waals surface area contributed by atoms with Crippen molar-refractivity contribution in [1.82, 2.24) is 0 Å². The van der Waals surface area contributed by atoms with Crippen LogP contribution in [0.5, 0.6) is 0 Å². The number of ether oxygens (including phenoxy) is 1. The van der Waals surface area contributed by atoms with Gasteiger partial charge in [0.15, 0.2) is 20.4 Å². The van der Waals surface area contributed by atoms with Gasteiger partial charge in [-0.15, -0.1) is 0 Å². The third-order valence-corrected chi connectivity index (χ3v) is 7.43. The molecule has 0 N–H and O–H groups in total. The molecule has 2 atom stereocenters. The summed E-state index contributed by atoms with van der Waals surface area (Å²) in [5.41, 5.74) is 0.597. The number of fused-ring (bicyclic) bond motifs is 3. The monoisotopic (exact) mass is 383 g/mol. The van der Waals surface area contributed by atoms with E-state index in [1.165, 1.54) is 19.7 Å². The van der Waals surface area contributed by atoms with E-state index in [2.05, 4.69) is 66.4 Å². The summed E-state index contributed by atoms with van der Waals surface area (Å²) in [4.78, 5) is 14.0. The highest BCUT2D eigenvalue weighted by Crippen LogP contribution is 2.48. The van der Waals surface area contributed by atoms with E-state index in [0.29, 0.717) is 5.56 Å². The second-order valence-corrected chi connectivity index (χ2v) is 8.90. The van der Waals surface area contributed by atoms with Gasteiger partial charge in [-0.25, -0.2) is 4.79 Å². The van der Waals surface area contributed by atoms with Crippen LogP contribution in [-0.2, 0) is 4.74 Å². The summed E-state index contributed by atoms with van der Waals surface area (Å²) in [5, 5.41) is 2.34. The zero-order chi connectivity index (χ0) is 18.9. The van der Waals surface area contributed by atoms with Crippen molar-refractivity contribution < 1.29 is 9.53 Å². The Hall–Kier alpha value is -3.09. The Morgan fingerprint density at radius 2 is 1.71 bits per heavy atom. The average Bonchev–Trinajstić information content (AvgIpc) is 3.09. The molecule has 0 amide bonds. The Morgan fingerprint density at radius 1 is 0.929 bits per heavy atom. The number of hydrogen-bond donors (Lipinski definition) is 0.